The minimum atomic E-state index is 0. The number of rotatable bonds is 0. The number of aromatic nitrogens is 1. The zero-order valence-electron chi connectivity index (χ0n) is 20.2. The fraction of sp³-hybridized carbons (Fsp3) is 0. The number of hydrogen-bond donors (Lipinski definition) is 0. The molecule has 5 rings (SSSR count). The van der Waals surface area contributed by atoms with Crippen LogP contribution in [-0.2, 0) is 26.2 Å². The molecule has 0 saturated heterocycles. The van der Waals surface area contributed by atoms with Crippen LogP contribution in [0.1, 0.15) is 22.3 Å². The van der Waals surface area contributed by atoms with Crippen molar-refractivity contribution in [1.29, 1.82) is 0 Å². The first-order chi connectivity index (χ1) is 16.6. The van der Waals surface area contributed by atoms with Gasteiger partial charge in [-0.15, -0.1) is 48.5 Å². The predicted octanol–water partition coefficient (Wildman–Crippen LogP) is 8.55. The van der Waals surface area contributed by atoms with Gasteiger partial charge in [0.2, 0.25) is 0 Å². The molecule has 0 atom stereocenters. The van der Waals surface area contributed by atoms with E-state index < -0.39 is 0 Å². The molecular formula is C33H33NZr. The largest absolute Gasteiger partial charge is 4.00 e. The molecule has 0 spiro atoms. The second-order valence-electron chi connectivity index (χ2n) is 6.97. The van der Waals surface area contributed by atoms with Crippen molar-refractivity contribution in [3.8, 4) is 0 Å². The van der Waals surface area contributed by atoms with Gasteiger partial charge in [-0.25, -0.2) is 0 Å². The third kappa shape index (κ3) is 20.7. The zero-order chi connectivity index (χ0) is 24.7. The molecule has 0 saturated carbocycles. The van der Waals surface area contributed by atoms with E-state index in [0.29, 0.717) is 0 Å². The van der Waals surface area contributed by atoms with Crippen LogP contribution in [0.15, 0.2) is 152 Å². The Hall–Kier alpha value is -3.61. The average Bonchev–Trinajstić information content (AvgIpc) is 2.89. The van der Waals surface area contributed by atoms with Gasteiger partial charge in [-0.05, 0) is 12.1 Å². The molecule has 4 aromatic carbocycles. The van der Waals surface area contributed by atoms with Crippen molar-refractivity contribution in [3.63, 3.8) is 0 Å². The van der Waals surface area contributed by atoms with Crippen molar-refractivity contribution in [2.45, 2.75) is 0 Å². The van der Waals surface area contributed by atoms with Gasteiger partial charge < -0.3 is 0 Å². The fourth-order valence-corrected chi connectivity index (χ4v) is 2.22. The summed E-state index contributed by atoms with van der Waals surface area (Å²) in [6.45, 7) is 14.9. The van der Waals surface area contributed by atoms with E-state index in [4.69, 9.17) is 0 Å². The van der Waals surface area contributed by atoms with Crippen molar-refractivity contribution in [3.05, 3.63) is 202 Å². The molecular weight excluding hydrogens is 502 g/mol. The normalized spacial score (nSPS) is 8.23. The first-order valence-corrected chi connectivity index (χ1v) is 10.9. The van der Waals surface area contributed by atoms with Crippen LogP contribution in [0.25, 0.3) is 0 Å². The maximum absolute atomic E-state index is 3.78. The molecule has 1 aromatic heterocycles. The number of nitrogens with zero attached hydrogens (tertiary/aromatic N) is 1. The molecule has 1 heterocycles. The molecule has 0 aliphatic rings. The minimum Gasteiger partial charge on any atom is -0.265 e. The van der Waals surface area contributed by atoms with Gasteiger partial charge in [0.05, 0.1) is 0 Å². The van der Waals surface area contributed by atoms with Crippen LogP contribution < -0.4 is 0 Å². The second-order valence-corrected chi connectivity index (χ2v) is 6.97. The van der Waals surface area contributed by atoms with Gasteiger partial charge in [0, 0.05) is 12.4 Å². The molecule has 174 valence electrons. The molecule has 0 aliphatic carbocycles. The van der Waals surface area contributed by atoms with Crippen molar-refractivity contribution in [2.75, 3.05) is 0 Å². The molecule has 0 bridgehead atoms. The van der Waals surface area contributed by atoms with Crippen molar-refractivity contribution < 1.29 is 26.2 Å². The summed E-state index contributed by atoms with van der Waals surface area (Å²) < 4.78 is 0. The number of benzene rings is 4. The summed E-state index contributed by atoms with van der Waals surface area (Å²) >= 11 is 0. The van der Waals surface area contributed by atoms with Crippen LogP contribution in [0.2, 0.25) is 0 Å². The third-order valence-electron chi connectivity index (χ3n) is 3.94. The molecule has 0 amide bonds. The molecule has 0 radical (unpaired) electrons. The van der Waals surface area contributed by atoms with Crippen molar-refractivity contribution >= 4 is 0 Å². The van der Waals surface area contributed by atoms with Crippen LogP contribution in [0.3, 0.4) is 0 Å². The molecule has 2 heteroatoms. The molecule has 0 N–H and O–H groups in total. The summed E-state index contributed by atoms with van der Waals surface area (Å²) in [5, 5.41) is 0. The molecule has 5 aromatic rings. The summed E-state index contributed by atoms with van der Waals surface area (Å²) in [5.74, 6) is 0. The molecule has 35 heavy (non-hydrogen) atoms. The van der Waals surface area contributed by atoms with Gasteiger partial charge in [0.15, 0.2) is 0 Å². The van der Waals surface area contributed by atoms with Crippen LogP contribution >= 0.6 is 0 Å². The molecule has 0 unspecified atom stereocenters. The molecule has 0 fully saturated rings. The Morgan fingerprint density at radius 1 is 0.314 bits per heavy atom. The summed E-state index contributed by atoms with van der Waals surface area (Å²) in [6.07, 6.45) is 3.50. The van der Waals surface area contributed by atoms with E-state index >= 15 is 0 Å². The van der Waals surface area contributed by atoms with Crippen LogP contribution in [-0.4, -0.2) is 4.98 Å². The zero-order valence-corrected chi connectivity index (χ0v) is 22.7. The smallest absolute Gasteiger partial charge is 0.265 e. The monoisotopic (exact) mass is 533 g/mol. The van der Waals surface area contributed by atoms with E-state index in [0.717, 1.165) is 22.3 Å². The van der Waals surface area contributed by atoms with E-state index in [1.807, 2.05) is 140 Å². The topological polar surface area (TPSA) is 12.9 Å². The summed E-state index contributed by atoms with van der Waals surface area (Å²) in [7, 11) is 0. The van der Waals surface area contributed by atoms with Gasteiger partial charge in [0.1, 0.15) is 0 Å². The number of hydrogen-bond acceptors (Lipinski definition) is 1. The minimum absolute atomic E-state index is 0. The van der Waals surface area contributed by atoms with E-state index in [1.165, 1.54) is 0 Å². The van der Waals surface area contributed by atoms with Crippen molar-refractivity contribution in [1.82, 2.24) is 4.98 Å². The second kappa shape index (κ2) is 22.2. The van der Waals surface area contributed by atoms with Crippen LogP contribution in [0.4, 0.5) is 0 Å². The first-order valence-electron chi connectivity index (χ1n) is 10.9. The first kappa shape index (κ1) is 31.4. The van der Waals surface area contributed by atoms with Gasteiger partial charge in [-0.1, -0.05) is 30.3 Å². The summed E-state index contributed by atoms with van der Waals surface area (Å²) in [6, 6.07) is 45.2. The Morgan fingerprint density at radius 3 is 0.600 bits per heavy atom. The van der Waals surface area contributed by atoms with Crippen LogP contribution in [0.5, 0.6) is 0 Å². The fourth-order valence-electron chi connectivity index (χ4n) is 2.22. The van der Waals surface area contributed by atoms with Gasteiger partial charge >= 0.3 is 26.2 Å². The van der Waals surface area contributed by atoms with Crippen LogP contribution in [0, 0.1) is 27.7 Å². The van der Waals surface area contributed by atoms with Gasteiger partial charge in [-0.2, -0.15) is 98.5 Å². The third-order valence-corrected chi connectivity index (χ3v) is 3.94. The average molecular weight is 535 g/mol. The molecule has 0 aliphatic heterocycles. The van der Waals surface area contributed by atoms with Gasteiger partial charge in [0.25, 0.3) is 0 Å². The number of pyridine rings is 1. The quantitative estimate of drug-likeness (QED) is 0.181. The Bertz CT molecular complexity index is 876. The van der Waals surface area contributed by atoms with E-state index in [1.54, 1.807) is 12.4 Å². The Kier molecular flexibility index (Phi) is 19.9. The Balaban J connectivity index is 0.000000410. The Labute approximate surface area is 232 Å². The van der Waals surface area contributed by atoms with E-state index in [2.05, 4.69) is 32.7 Å². The maximum Gasteiger partial charge on any atom is 4.00 e. The standard InChI is InChI=1S/4C7H7.C5H5N.Zr/c4*1-7-5-3-2-4-6-7;1-2-4-6-5-3-1;/h4*2-6H,1H2;1-5H;/q4*-1;;+4. The summed E-state index contributed by atoms with van der Waals surface area (Å²) in [4.78, 5) is 3.78. The van der Waals surface area contributed by atoms with E-state index in [9.17, 15) is 0 Å². The SMILES string of the molecule is [CH2-]c1ccccc1.[CH2-]c1ccccc1.[CH2-]c1ccccc1.[CH2-]c1ccccc1.[Zr+4].c1ccncc1. The summed E-state index contributed by atoms with van der Waals surface area (Å²) in [5.41, 5.74) is 4.29. The van der Waals surface area contributed by atoms with Gasteiger partial charge in [-0.3, -0.25) is 4.98 Å². The van der Waals surface area contributed by atoms with E-state index in [-0.39, 0.29) is 26.2 Å². The predicted molar refractivity (Wildman–Crippen MR) is 148 cm³/mol. The van der Waals surface area contributed by atoms with Crippen molar-refractivity contribution in [2.24, 2.45) is 0 Å². The molecule has 1 nitrogen and oxygen atoms in total. The Morgan fingerprint density at radius 2 is 0.514 bits per heavy atom. The maximum atomic E-state index is 3.78.